The molecule has 0 heterocycles. The molecule has 0 saturated heterocycles. The lowest BCUT2D eigenvalue weighted by atomic mass is 10.1. The number of ether oxygens (including phenoxy) is 3. The summed E-state index contributed by atoms with van der Waals surface area (Å²) < 4.78 is 16.0. The van der Waals surface area contributed by atoms with Crippen molar-refractivity contribution in [3.63, 3.8) is 0 Å². The third-order valence-electron chi connectivity index (χ3n) is 4.10. The van der Waals surface area contributed by atoms with Crippen molar-refractivity contribution in [3.05, 3.63) is 17.7 Å². The summed E-state index contributed by atoms with van der Waals surface area (Å²) in [4.78, 5) is 12.2. The second-order valence-corrected chi connectivity index (χ2v) is 5.50. The maximum absolute atomic E-state index is 12.2. The normalized spacial score (nSPS) is 20.5. The highest BCUT2D eigenvalue weighted by molar-refractivity contribution is 5.79. The van der Waals surface area contributed by atoms with Crippen LogP contribution in [0.25, 0.3) is 0 Å². The van der Waals surface area contributed by atoms with Crippen LogP contribution in [0.15, 0.2) is 12.1 Å². The molecule has 2 atom stereocenters. The number of hydrogen-bond acceptors (Lipinski definition) is 5. The molecule has 3 N–H and O–H groups in total. The Bertz CT molecular complexity index is 508. The van der Waals surface area contributed by atoms with E-state index in [4.69, 9.17) is 19.9 Å². The van der Waals surface area contributed by atoms with Crippen LogP contribution < -0.4 is 25.3 Å². The zero-order chi connectivity index (χ0) is 16.1. The topological polar surface area (TPSA) is 82.8 Å². The standard InChI is InChI=1S/C16H24N2O4/c1-20-12-7-14(21-2)13(15(8-12)22-3)9-18-16(19)10-4-5-11(17)6-10/h7-8,10-11H,4-6,9,17H2,1-3H3,(H,18,19). The van der Waals surface area contributed by atoms with Gasteiger partial charge in [-0.2, -0.15) is 0 Å². The zero-order valence-corrected chi connectivity index (χ0v) is 13.3. The van der Waals surface area contributed by atoms with E-state index in [2.05, 4.69) is 5.32 Å². The van der Waals surface area contributed by atoms with Crippen LogP contribution in [0, 0.1) is 5.92 Å². The van der Waals surface area contributed by atoms with Crippen LogP contribution in [-0.2, 0) is 11.3 Å². The van der Waals surface area contributed by atoms with Crippen molar-refractivity contribution >= 4 is 5.91 Å². The predicted molar refractivity (Wildman–Crippen MR) is 83.3 cm³/mol. The molecule has 0 bridgehead atoms. The minimum atomic E-state index is 0.00485. The highest BCUT2D eigenvalue weighted by Gasteiger charge is 2.27. The second kappa shape index (κ2) is 7.35. The number of hydrogen-bond donors (Lipinski definition) is 2. The van der Waals surface area contributed by atoms with Gasteiger partial charge in [0.25, 0.3) is 0 Å². The summed E-state index contributed by atoms with van der Waals surface area (Å²) in [6, 6.07) is 3.69. The number of nitrogens with one attached hydrogen (secondary N) is 1. The number of carbonyl (C=O) groups is 1. The van der Waals surface area contributed by atoms with Gasteiger partial charge in [0.1, 0.15) is 17.2 Å². The molecule has 1 aliphatic rings. The molecular weight excluding hydrogens is 284 g/mol. The third-order valence-corrected chi connectivity index (χ3v) is 4.10. The van der Waals surface area contributed by atoms with Gasteiger partial charge in [0.15, 0.2) is 0 Å². The predicted octanol–water partition coefficient (Wildman–Crippen LogP) is 1.46. The Balaban J connectivity index is 2.09. The average Bonchev–Trinajstić information content (AvgIpc) is 2.98. The van der Waals surface area contributed by atoms with Gasteiger partial charge in [-0.1, -0.05) is 0 Å². The third kappa shape index (κ3) is 3.62. The van der Waals surface area contributed by atoms with E-state index in [9.17, 15) is 4.79 Å². The van der Waals surface area contributed by atoms with E-state index in [-0.39, 0.29) is 17.9 Å². The van der Waals surface area contributed by atoms with Crippen LogP contribution >= 0.6 is 0 Å². The molecular formula is C16H24N2O4. The van der Waals surface area contributed by atoms with Gasteiger partial charge in [0.2, 0.25) is 5.91 Å². The molecule has 6 heteroatoms. The van der Waals surface area contributed by atoms with E-state index in [1.54, 1.807) is 33.5 Å². The Morgan fingerprint density at radius 2 is 1.82 bits per heavy atom. The number of methoxy groups -OCH3 is 3. The first-order valence-electron chi connectivity index (χ1n) is 7.41. The highest BCUT2D eigenvalue weighted by Crippen LogP contribution is 2.34. The van der Waals surface area contributed by atoms with E-state index >= 15 is 0 Å². The second-order valence-electron chi connectivity index (χ2n) is 5.50. The smallest absolute Gasteiger partial charge is 0.223 e. The first kappa shape index (κ1) is 16.4. The molecule has 2 rings (SSSR count). The Labute approximate surface area is 130 Å². The molecule has 1 amide bonds. The Hall–Kier alpha value is -1.95. The molecule has 0 radical (unpaired) electrons. The minimum Gasteiger partial charge on any atom is -0.496 e. The van der Waals surface area contributed by atoms with Crippen LogP contribution in [0.1, 0.15) is 24.8 Å². The number of carbonyl (C=O) groups excluding carboxylic acids is 1. The average molecular weight is 308 g/mol. The summed E-state index contributed by atoms with van der Waals surface area (Å²) in [5.41, 5.74) is 6.65. The SMILES string of the molecule is COc1cc(OC)c(CNC(=O)C2CCC(N)C2)c(OC)c1. The first-order chi connectivity index (χ1) is 10.6. The summed E-state index contributed by atoms with van der Waals surface area (Å²) in [7, 11) is 4.74. The maximum Gasteiger partial charge on any atom is 0.223 e. The van der Waals surface area contributed by atoms with Crippen LogP contribution in [0.2, 0.25) is 0 Å². The molecule has 1 saturated carbocycles. The summed E-state index contributed by atoms with van der Waals surface area (Å²) in [6.45, 7) is 0.348. The van der Waals surface area contributed by atoms with Gasteiger partial charge in [-0.15, -0.1) is 0 Å². The van der Waals surface area contributed by atoms with Gasteiger partial charge in [-0.05, 0) is 19.3 Å². The van der Waals surface area contributed by atoms with Crippen LogP contribution in [0.3, 0.4) is 0 Å². The Morgan fingerprint density at radius 1 is 1.18 bits per heavy atom. The highest BCUT2D eigenvalue weighted by atomic mass is 16.5. The lowest BCUT2D eigenvalue weighted by Gasteiger charge is -2.17. The summed E-state index contributed by atoms with van der Waals surface area (Å²) in [5, 5.41) is 2.95. The molecule has 22 heavy (non-hydrogen) atoms. The monoisotopic (exact) mass is 308 g/mol. The van der Waals surface area contributed by atoms with E-state index in [1.165, 1.54) is 0 Å². The molecule has 2 unspecified atom stereocenters. The van der Waals surface area contributed by atoms with Crippen molar-refractivity contribution in [1.29, 1.82) is 0 Å². The summed E-state index contributed by atoms with van der Waals surface area (Å²) in [5.74, 6) is 1.93. The molecule has 0 aliphatic heterocycles. The fourth-order valence-electron chi connectivity index (χ4n) is 2.83. The summed E-state index contributed by atoms with van der Waals surface area (Å²) in [6.07, 6.45) is 2.51. The first-order valence-corrected chi connectivity index (χ1v) is 7.41. The van der Waals surface area contributed by atoms with Crippen LogP contribution in [0.4, 0.5) is 0 Å². The van der Waals surface area contributed by atoms with Crippen molar-refractivity contribution < 1.29 is 19.0 Å². The molecule has 6 nitrogen and oxygen atoms in total. The number of nitrogens with two attached hydrogens (primary N) is 1. The zero-order valence-electron chi connectivity index (χ0n) is 13.3. The molecule has 0 aromatic heterocycles. The quantitative estimate of drug-likeness (QED) is 0.831. The van der Waals surface area contributed by atoms with Crippen molar-refractivity contribution in [3.8, 4) is 17.2 Å². The fraction of sp³-hybridized carbons (Fsp3) is 0.562. The molecule has 1 fully saturated rings. The van der Waals surface area contributed by atoms with Crippen LogP contribution in [-0.4, -0.2) is 33.3 Å². The van der Waals surface area contributed by atoms with Crippen molar-refractivity contribution in [2.75, 3.05) is 21.3 Å². The van der Waals surface area contributed by atoms with Gasteiger partial charge in [-0.25, -0.2) is 0 Å². The molecule has 0 spiro atoms. The van der Waals surface area contributed by atoms with Gasteiger partial charge in [0, 0.05) is 24.1 Å². The Kier molecular flexibility index (Phi) is 5.49. The number of benzene rings is 1. The van der Waals surface area contributed by atoms with E-state index in [1.807, 2.05) is 0 Å². The molecule has 1 aromatic carbocycles. The lowest BCUT2D eigenvalue weighted by molar-refractivity contribution is -0.125. The fourth-order valence-corrected chi connectivity index (χ4v) is 2.83. The Morgan fingerprint density at radius 3 is 2.27 bits per heavy atom. The number of rotatable bonds is 6. The molecule has 1 aromatic rings. The van der Waals surface area contributed by atoms with Crippen LogP contribution in [0.5, 0.6) is 17.2 Å². The van der Waals surface area contributed by atoms with Gasteiger partial charge < -0.3 is 25.3 Å². The van der Waals surface area contributed by atoms with Gasteiger partial charge in [-0.3, -0.25) is 4.79 Å². The molecule has 122 valence electrons. The lowest BCUT2D eigenvalue weighted by Crippen LogP contribution is -2.30. The van der Waals surface area contributed by atoms with E-state index in [0.717, 1.165) is 24.8 Å². The maximum atomic E-state index is 12.2. The largest absolute Gasteiger partial charge is 0.496 e. The van der Waals surface area contributed by atoms with Gasteiger partial charge in [0.05, 0.1) is 33.4 Å². The van der Waals surface area contributed by atoms with Gasteiger partial charge >= 0.3 is 0 Å². The van der Waals surface area contributed by atoms with E-state index in [0.29, 0.717) is 23.8 Å². The van der Waals surface area contributed by atoms with E-state index < -0.39 is 0 Å². The number of amides is 1. The summed E-state index contributed by atoms with van der Waals surface area (Å²) >= 11 is 0. The van der Waals surface area contributed by atoms with Crippen molar-refractivity contribution in [1.82, 2.24) is 5.32 Å². The van der Waals surface area contributed by atoms with Crippen molar-refractivity contribution in [2.24, 2.45) is 11.7 Å². The minimum absolute atomic E-state index is 0.00485. The molecule has 1 aliphatic carbocycles. The van der Waals surface area contributed by atoms with Crippen molar-refractivity contribution in [2.45, 2.75) is 31.8 Å².